The number of hydrogen-bond acceptors (Lipinski definition) is 6. The Labute approximate surface area is 155 Å². The maximum Gasteiger partial charge on any atom is 0.289 e. The Morgan fingerprint density at radius 3 is 2.73 bits per heavy atom. The first-order valence-electron chi connectivity index (χ1n) is 8.56. The second kappa shape index (κ2) is 7.29. The number of ether oxygens (including phenoxy) is 1. The molecular formula is C19H19N3O3S. The number of benzene rings is 1. The molecule has 26 heavy (non-hydrogen) atoms. The topological polar surface area (TPSA) is 68.5 Å². The van der Waals surface area contributed by atoms with Crippen LogP contribution < -0.4 is 4.74 Å². The molecule has 3 heterocycles. The lowest BCUT2D eigenvalue weighted by atomic mass is 9.97. The van der Waals surface area contributed by atoms with Gasteiger partial charge in [-0.15, -0.1) is 10.2 Å². The molecule has 7 heteroatoms. The molecule has 4 rings (SSSR count). The van der Waals surface area contributed by atoms with Crippen LogP contribution in [0.15, 0.2) is 47.1 Å². The summed E-state index contributed by atoms with van der Waals surface area (Å²) in [4.78, 5) is 14.2. The second-order valence-corrected chi connectivity index (χ2v) is 7.20. The summed E-state index contributed by atoms with van der Waals surface area (Å²) in [6.45, 7) is 1.40. The molecular weight excluding hydrogens is 350 g/mol. The lowest BCUT2D eigenvalue weighted by Gasteiger charge is -2.30. The van der Waals surface area contributed by atoms with Gasteiger partial charge in [0.1, 0.15) is 10.8 Å². The minimum absolute atomic E-state index is 0.0413. The third-order valence-electron chi connectivity index (χ3n) is 4.64. The number of aromatic nitrogens is 2. The number of hydrogen-bond donors (Lipinski definition) is 0. The van der Waals surface area contributed by atoms with Gasteiger partial charge in [-0.05, 0) is 37.1 Å². The first kappa shape index (κ1) is 16.8. The van der Waals surface area contributed by atoms with Crippen molar-refractivity contribution in [1.82, 2.24) is 15.1 Å². The van der Waals surface area contributed by atoms with Crippen LogP contribution >= 0.6 is 11.3 Å². The predicted octanol–water partition coefficient (Wildman–Crippen LogP) is 3.83. The minimum Gasteiger partial charge on any atom is -0.496 e. The van der Waals surface area contributed by atoms with Gasteiger partial charge in [0.2, 0.25) is 0 Å². The highest BCUT2D eigenvalue weighted by molar-refractivity contribution is 7.14. The van der Waals surface area contributed by atoms with E-state index in [4.69, 9.17) is 9.15 Å². The summed E-state index contributed by atoms with van der Waals surface area (Å²) >= 11 is 1.61. The van der Waals surface area contributed by atoms with E-state index in [0.29, 0.717) is 24.8 Å². The Kier molecular flexibility index (Phi) is 4.71. The molecule has 1 fully saturated rings. The van der Waals surface area contributed by atoms with Crippen LogP contribution in [0.3, 0.4) is 0 Å². The van der Waals surface area contributed by atoms with Gasteiger partial charge in [-0.3, -0.25) is 4.79 Å². The van der Waals surface area contributed by atoms with Gasteiger partial charge >= 0.3 is 0 Å². The maximum atomic E-state index is 12.4. The summed E-state index contributed by atoms with van der Waals surface area (Å²) in [7, 11) is 1.66. The molecule has 0 spiro atoms. The van der Waals surface area contributed by atoms with Gasteiger partial charge in [-0.1, -0.05) is 23.5 Å². The molecule has 0 unspecified atom stereocenters. The van der Waals surface area contributed by atoms with E-state index < -0.39 is 0 Å². The molecule has 0 bridgehead atoms. The van der Waals surface area contributed by atoms with Gasteiger partial charge in [0, 0.05) is 19.0 Å². The monoisotopic (exact) mass is 369 g/mol. The van der Waals surface area contributed by atoms with Crippen molar-refractivity contribution in [2.45, 2.75) is 18.8 Å². The van der Waals surface area contributed by atoms with Crippen LogP contribution in [0, 0.1) is 0 Å². The van der Waals surface area contributed by atoms with Crippen molar-refractivity contribution in [2.75, 3.05) is 20.2 Å². The average Bonchev–Trinajstić information content (AvgIpc) is 3.39. The Morgan fingerprint density at radius 1 is 1.19 bits per heavy atom. The summed E-state index contributed by atoms with van der Waals surface area (Å²) in [5.41, 5.74) is 0.962. The summed E-state index contributed by atoms with van der Waals surface area (Å²) in [5, 5.41) is 10.7. The van der Waals surface area contributed by atoms with E-state index in [2.05, 4.69) is 10.2 Å². The first-order valence-corrected chi connectivity index (χ1v) is 9.37. The fourth-order valence-corrected chi connectivity index (χ4v) is 4.26. The molecule has 0 N–H and O–H groups in total. The second-order valence-electron chi connectivity index (χ2n) is 6.19. The number of amides is 1. The molecule has 0 radical (unpaired) electrons. The summed E-state index contributed by atoms with van der Waals surface area (Å²) in [6.07, 6.45) is 3.29. The van der Waals surface area contributed by atoms with Crippen molar-refractivity contribution < 1.29 is 13.9 Å². The molecule has 1 aliphatic heterocycles. The van der Waals surface area contributed by atoms with E-state index in [0.717, 1.165) is 34.2 Å². The van der Waals surface area contributed by atoms with E-state index in [1.807, 2.05) is 29.2 Å². The molecule has 6 nitrogen and oxygen atoms in total. The first-order chi connectivity index (χ1) is 12.8. The van der Waals surface area contributed by atoms with Crippen molar-refractivity contribution in [3.8, 4) is 16.3 Å². The molecule has 1 aromatic carbocycles. The number of piperidine rings is 1. The number of carbonyl (C=O) groups is 1. The van der Waals surface area contributed by atoms with Crippen LogP contribution in [-0.2, 0) is 0 Å². The fraction of sp³-hybridized carbons (Fsp3) is 0.316. The van der Waals surface area contributed by atoms with Crippen molar-refractivity contribution in [1.29, 1.82) is 0 Å². The van der Waals surface area contributed by atoms with Gasteiger partial charge in [0.15, 0.2) is 10.8 Å². The zero-order chi connectivity index (χ0) is 17.9. The molecule has 1 saturated heterocycles. The molecule has 1 aliphatic rings. The third kappa shape index (κ3) is 3.22. The van der Waals surface area contributed by atoms with Crippen LogP contribution in [0.5, 0.6) is 5.75 Å². The largest absolute Gasteiger partial charge is 0.496 e. The molecule has 0 atom stereocenters. The number of carbonyl (C=O) groups excluding carboxylic acids is 1. The van der Waals surface area contributed by atoms with Crippen molar-refractivity contribution in [2.24, 2.45) is 0 Å². The van der Waals surface area contributed by atoms with E-state index in [-0.39, 0.29) is 5.91 Å². The Bertz CT molecular complexity index is 883. The lowest BCUT2D eigenvalue weighted by molar-refractivity contribution is 0.0680. The van der Waals surface area contributed by atoms with E-state index in [9.17, 15) is 4.79 Å². The van der Waals surface area contributed by atoms with Gasteiger partial charge in [-0.2, -0.15) is 0 Å². The standard InChI is InChI=1S/C19H19N3O3S/c1-24-15-6-3-2-5-14(15)18-21-20-17(26-18)13-8-10-22(11-9-13)19(23)16-7-4-12-25-16/h2-7,12-13H,8-11H2,1H3. The zero-order valence-electron chi connectivity index (χ0n) is 14.4. The maximum absolute atomic E-state index is 12.4. The summed E-state index contributed by atoms with van der Waals surface area (Å²) in [5.74, 6) is 1.49. The van der Waals surface area contributed by atoms with Crippen LogP contribution in [0.1, 0.15) is 34.3 Å². The molecule has 0 saturated carbocycles. The quantitative estimate of drug-likeness (QED) is 0.699. The van der Waals surface area contributed by atoms with Crippen LogP contribution in [0.4, 0.5) is 0 Å². The van der Waals surface area contributed by atoms with Gasteiger partial charge < -0.3 is 14.1 Å². The molecule has 0 aliphatic carbocycles. The lowest BCUT2D eigenvalue weighted by Crippen LogP contribution is -2.37. The minimum atomic E-state index is -0.0413. The van der Waals surface area contributed by atoms with E-state index >= 15 is 0 Å². The number of furan rings is 1. The summed E-state index contributed by atoms with van der Waals surface area (Å²) in [6, 6.07) is 11.3. The van der Waals surface area contributed by atoms with Crippen molar-refractivity contribution in [3.05, 3.63) is 53.4 Å². The fourth-order valence-electron chi connectivity index (χ4n) is 3.22. The van der Waals surface area contributed by atoms with Crippen molar-refractivity contribution in [3.63, 3.8) is 0 Å². The normalized spacial score (nSPS) is 15.2. The van der Waals surface area contributed by atoms with Gasteiger partial charge in [0.25, 0.3) is 5.91 Å². The van der Waals surface area contributed by atoms with Gasteiger partial charge in [0.05, 0.1) is 18.9 Å². The predicted molar refractivity (Wildman–Crippen MR) is 98.5 cm³/mol. The number of rotatable bonds is 4. The SMILES string of the molecule is COc1ccccc1-c1nnc(C2CCN(C(=O)c3ccco3)CC2)s1. The van der Waals surface area contributed by atoms with Crippen LogP contribution in [0.25, 0.3) is 10.6 Å². The smallest absolute Gasteiger partial charge is 0.289 e. The number of likely N-dealkylation sites (tertiary alicyclic amines) is 1. The van der Waals surface area contributed by atoms with Gasteiger partial charge in [-0.25, -0.2) is 0 Å². The highest BCUT2D eigenvalue weighted by atomic mass is 32.1. The van der Waals surface area contributed by atoms with Crippen molar-refractivity contribution >= 4 is 17.2 Å². The van der Waals surface area contributed by atoms with E-state index in [1.54, 1.807) is 30.6 Å². The van der Waals surface area contributed by atoms with E-state index in [1.165, 1.54) is 6.26 Å². The number of methoxy groups -OCH3 is 1. The Balaban J connectivity index is 1.44. The highest BCUT2D eigenvalue weighted by Crippen LogP contribution is 2.36. The molecule has 1 amide bonds. The highest BCUT2D eigenvalue weighted by Gasteiger charge is 2.28. The molecule has 134 valence electrons. The Hall–Kier alpha value is -2.67. The zero-order valence-corrected chi connectivity index (χ0v) is 15.2. The molecule has 3 aromatic rings. The molecule has 2 aromatic heterocycles. The third-order valence-corrected chi connectivity index (χ3v) is 5.76. The average molecular weight is 369 g/mol. The summed E-state index contributed by atoms with van der Waals surface area (Å²) < 4.78 is 10.6. The Morgan fingerprint density at radius 2 is 2.00 bits per heavy atom. The van der Waals surface area contributed by atoms with Crippen LogP contribution in [0.2, 0.25) is 0 Å². The number of para-hydroxylation sites is 1. The van der Waals surface area contributed by atoms with Crippen LogP contribution in [-0.4, -0.2) is 41.2 Å². The number of nitrogens with zero attached hydrogens (tertiary/aromatic N) is 3.